The highest BCUT2D eigenvalue weighted by Crippen LogP contribution is 2.46. The first-order valence-corrected chi connectivity index (χ1v) is 13.3. The van der Waals surface area contributed by atoms with Crippen LogP contribution in [0.25, 0.3) is 0 Å². The molecular formula is C28H27F6N5O2. The van der Waals surface area contributed by atoms with Gasteiger partial charge in [0.15, 0.2) is 0 Å². The zero-order valence-corrected chi connectivity index (χ0v) is 22.1. The molecule has 218 valence electrons. The van der Waals surface area contributed by atoms with Crippen molar-refractivity contribution in [3.05, 3.63) is 76.4 Å². The monoisotopic (exact) mass is 579 g/mol. The highest BCUT2D eigenvalue weighted by Gasteiger charge is 2.48. The van der Waals surface area contributed by atoms with Gasteiger partial charge in [-0.15, -0.1) is 10.2 Å². The van der Waals surface area contributed by atoms with Gasteiger partial charge in [-0.2, -0.15) is 26.3 Å². The van der Waals surface area contributed by atoms with E-state index >= 15 is 0 Å². The number of anilines is 1. The minimum absolute atomic E-state index is 0.120. The number of ether oxygens (including phenoxy) is 1. The van der Waals surface area contributed by atoms with E-state index in [9.17, 15) is 31.1 Å². The smallest absolute Gasteiger partial charge is 0.379 e. The zero-order valence-electron chi connectivity index (χ0n) is 22.1. The van der Waals surface area contributed by atoms with Gasteiger partial charge in [0, 0.05) is 30.1 Å². The molecule has 0 aliphatic carbocycles. The lowest BCUT2D eigenvalue weighted by atomic mass is 9.75. The van der Waals surface area contributed by atoms with Crippen LogP contribution in [0.1, 0.15) is 57.3 Å². The molecule has 7 nitrogen and oxygen atoms in total. The van der Waals surface area contributed by atoms with Gasteiger partial charge in [0.1, 0.15) is 18.2 Å². The quantitative estimate of drug-likeness (QED) is 0.376. The summed E-state index contributed by atoms with van der Waals surface area (Å²) in [5, 5.41) is 8.06. The number of nitrogens with zero attached hydrogens (tertiary/aromatic N) is 5. The van der Waals surface area contributed by atoms with Crippen molar-refractivity contribution < 1.29 is 35.9 Å². The second kappa shape index (κ2) is 9.83. The minimum Gasteiger partial charge on any atom is -0.379 e. The molecule has 2 fully saturated rings. The Morgan fingerprint density at radius 2 is 1.78 bits per heavy atom. The van der Waals surface area contributed by atoms with E-state index < -0.39 is 47.4 Å². The fourth-order valence-corrected chi connectivity index (χ4v) is 6.15. The third-order valence-corrected chi connectivity index (χ3v) is 8.33. The van der Waals surface area contributed by atoms with Gasteiger partial charge < -0.3 is 14.2 Å². The van der Waals surface area contributed by atoms with Crippen molar-refractivity contribution in [2.45, 2.75) is 49.6 Å². The van der Waals surface area contributed by atoms with Crippen LogP contribution in [0.3, 0.4) is 0 Å². The van der Waals surface area contributed by atoms with Crippen molar-refractivity contribution in [2.24, 2.45) is 7.05 Å². The Balaban J connectivity index is 1.38. The SMILES string of the molecule is Cn1cnnc1CC1(c2cccc(N3Cc4c(cc(C(N5CCCC5)C(F)(F)F)cc4C(F)(F)F)C3=O)c2)COC1. The largest absolute Gasteiger partial charge is 0.416 e. The lowest BCUT2D eigenvalue weighted by Gasteiger charge is -2.42. The molecule has 3 aromatic rings. The third-order valence-electron chi connectivity index (χ3n) is 8.33. The molecular weight excluding hydrogens is 552 g/mol. The van der Waals surface area contributed by atoms with Crippen LogP contribution in [0, 0.1) is 0 Å². The summed E-state index contributed by atoms with van der Waals surface area (Å²) in [4.78, 5) is 15.9. The number of rotatable bonds is 6. The maximum atomic E-state index is 14.3. The van der Waals surface area contributed by atoms with Gasteiger partial charge in [-0.3, -0.25) is 9.69 Å². The number of hydrogen-bond acceptors (Lipinski definition) is 5. The summed E-state index contributed by atoms with van der Waals surface area (Å²) in [7, 11) is 1.82. The molecule has 2 aromatic carbocycles. The Bertz CT molecular complexity index is 1470. The molecule has 2 saturated heterocycles. The number of halogens is 6. The molecule has 1 atom stereocenters. The van der Waals surface area contributed by atoms with Gasteiger partial charge in [-0.1, -0.05) is 12.1 Å². The summed E-state index contributed by atoms with van der Waals surface area (Å²) in [6, 6.07) is 6.27. The second-order valence-electron chi connectivity index (χ2n) is 11.0. The highest BCUT2D eigenvalue weighted by atomic mass is 19.4. The van der Waals surface area contributed by atoms with E-state index in [1.54, 1.807) is 29.1 Å². The fraction of sp³-hybridized carbons (Fsp3) is 0.464. The van der Waals surface area contributed by atoms with Crippen molar-refractivity contribution in [3.8, 4) is 0 Å². The third kappa shape index (κ3) is 4.88. The van der Waals surface area contributed by atoms with Crippen LogP contribution >= 0.6 is 0 Å². The number of aryl methyl sites for hydroxylation is 1. The van der Waals surface area contributed by atoms with Crippen LogP contribution in [0.15, 0.2) is 42.7 Å². The average Bonchev–Trinajstić information content (AvgIpc) is 3.62. The molecule has 0 bridgehead atoms. The molecule has 1 unspecified atom stereocenters. The Labute approximate surface area is 231 Å². The van der Waals surface area contributed by atoms with Crippen LogP contribution in [0.5, 0.6) is 0 Å². The average molecular weight is 580 g/mol. The predicted octanol–water partition coefficient (Wildman–Crippen LogP) is 5.20. The van der Waals surface area contributed by atoms with E-state index in [-0.39, 0.29) is 24.2 Å². The van der Waals surface area contributed by atoms with Gasteiger partial charge in [0.2, 0.25) is 0 Å². The van der Waals surface area contributed by atoms with Gasteiger partial charge in [-0.05, 0) is 66.9 Å². The standard InChI is InChI=1S/C28H27F6N5O2/c1-37-16-35-36-23(37)12-26(14-41-15-26)18-5-4-6-19(11-18)39-13-21-20(25(39)40)9-17(10-22(21)27(29,30)31)24(28(32,33)34)38-7-2-3-8-38/h4-6,9-11,16,24H,2-3,7-8,12-15H2,1H3. The lowest BCUT2D eigenvalue weighted by Crippen LogP contribution is -2.49. The van der Waals surface area contributed by atoms with Crippen LogP contribution in [-0.4, -0.2) is 58.1 Å². The number of aromatic nitrogens is 3. The summed E-state index contributed by atoms with van der Waals surface area (Å²) < 4.78 is 92.6. The van der Waals surface area contributed by atoms with E-state index in [0.717, 1.165) is 22.4 Å². The lowest BCUT2D eigenvalue weighted by molar-refractivity contribution is -0.184. The number of benzene rings is 2. The first kappa shape index (κ1) is 27.7. The van der Waals surface area contributed by atoms with E-state index in [0.29, 0.717) is 44.2 Å². The Kier molecular flexibility index (Phi) is 6.64. The normalized spacial score (nSPS) is 19.9. The number of hydrogen-bond donors (Lipinski definition) is 0. The van der Waals surface area contributed by atoms with E-state index in [2.05, 4.69) is 10.2 Å². The number of carbonyl (C=O) groups is 1. The summed E-state index contributed by atoms with van der Waals surface area (Å²) in [5.41, 5.74) is -1.74. The maximum absolute atomic E-state index is 14.3. The molecule has 0 radical (unpaired) electrons. The predicted molar refractivity (Wildman–Crippen MR) is 135 cm³/mol. The van der Waals surface area contributed by atoms with E-state index in [1.165, 1.54) is 4.90 Å². The molecule has 0 spiro atoms. The minimum atomic E-state index is -4.94. The van der Waals surface area contributed by atoms with Crippen molar-refractivity contribution >= 4 is 11.6 Å². The van der Waals surface area contributed by atoms with Crippen molar-refractivity contribution in [3.63, 3.8) is 0 Å². The molecule has 1 aromatic heterocycles. The van der Waals surface area contributed by atoms with Gasteiger partial charge in [0.05, 0.1) is 25.3 Å². The van der Waals surface area contributed by atoms with Crippen molar-refractivity contribution in [1.29, 1.82) is 0 Å². The molecule has 13 heteroatoms. The summed E-state index contributed by atoms with van der Waals surface area (Å²) in [6.45, 7) is 0.604. The van der Waals surface area contributed by atoms with Crippen LogP contribution in [0.2, 0.25) is 0 Å². The number of carbonyl (C=O) groups excluding carboxylic acids is 1. The van der Waals surface area contributed by atoms with Crippen LogP contribution in [0.4, 0.5) is 32.0 Å². The molecule has 4 heterocycles. The molecule has 0 N–H and O–H groups in total. The summed E-state index contributed by atoms with van der Waals surface area (Å²) >= 11 is 0. The molecule has 41 heavy (non-hydrogen) atoms. The zero-order chi connectivity index (χ0) is 29.2. The Morgan fingerprint density at radius 3 is 2.37 bits per heavy atom. The first-order chi connectivity index (χ1) is 19.4. The number of likely N-dealkylation sites (tertiary alicyclic amines) is 1. The summed E-state index contributed by atoms with van der Waals surface area (Å²) in [5.74, 6) is -0.0398. The topological polar surface area (TPSA) is 63.5 Å². The molecule has 3 aliphatic rings. The summed E-state index contributed by atoms with van der Waals surface area (Å²) in [6.07, 6.45) is -6.62. The van der Waals surface area contributed by atoms with E-state index in [1.807, 2.05) is 13.1 Å². The van der Waals surface area contributed by atoms with Gasteiger partial charge in [0.25, 0.3) is 5.91 Å². The Morgan fingerprint density at radius 1 is 1.05 bits per heavy atom. The van der Waals surface area contributed by atoms with Crippen molar-refractivity contribution in [1.82, 2.24) is 19.7 Å². The van der Waals surface area contributed by atoms with Crippen LogP contribution in [-0.2, 0) is 36.3 Å². The fourth-order valence-electron chi connectivity index (χ4n) is 6.15. The molecule has 3 aliphatic heterocycles. The van der Waals surface area contributed by atoms with E-state index in [4.69, 9.17) is 4.74 Å². The molecule has 0 saturated carbocycles. The molecule has 1 amide bonds. The molecule has 6 rings (SSSR count). The Hall–Kier alpha value is -3.45. The number of amides is 1. The van der Waals surface area contributed by atoms with Crippen LogP contribution < -0.4 is 4.90 Å². The number of alkyl halides is 6. The highest BCUT2D eigenvalue weighted by molar-refractivity contribution is 6.10. The maximum Gasteiger partial charge on any atom is 0.416 e. The van der Waals surface area contributed by atoms with Gasteiger partial charge >= 0.3 is 12.4 Å². The first-order valence-electron chi connectivity index (χ1n) is 13.3. The van der Waals surface area contributed by atoms with Gasteiger partial charge in [-0.25, -0.2) is 0 Å². The number of fused-ring (bicyclic) bond motifs is 1. The second-order valence-corrected chi connectivity index (χ2v) is 11.0. The van der Waals surface area contributed by atoms with Crippen molar-refractivity contribution in [2.75, 3.05) is 31.2 Å².